The van der Waals surface area contributed by atoms with Crippen LogP contribution in [0.3, 0.4) is 0 Å². The zero-order chi connectivity index (χ0) is 18.8. The molecule has 2 heterocycles. The first kappa shape index (κ1) is 20.3. The van der Waals surface area contributed by atoms with E-state index in [1.165, 1.54) is 6.20 Å². The topological polar surface area (TPSA) is 27.1 Å². The lowest BCUT2D eigenvalue weighted by Gasteiger charge is -2.17. The zero-order valence-corrected chi connectivity index (χ0v) is 18.6. The summed E-state index contributed by atoms with van der Waals surface area (Å²) in [5, 5.41) is 0. The van der Waals surface area contributed by atoms with E-state index >= 15 is 0 Å². The predicted octanol–water partition coefficient (Wildman–Crippen LogP) is 6.24. The number of halogens is 2. The molecule has 6 heteroatoms. The van der Waals surface area contributed by atoms with Crippen molar-refractivity contribution in [1.82, 2.24) is 9.55 Å². The van der Waals surface area contributed by atoms with Gasteiger partial charge in [0, 0.05) is 25.9 Å². The van der Waals surface area contributed by atoms with Crippen LogP contribution in [0, 0.1) is 5.82 Å². The van der Waals surface area contributed by atoms with Gasteiger partial charge in [0.2, 0.25) is 0 Å². The summed E-state index contributed by atoms with van der Waals surface area (Å²) in [5.41, 5.74) is 4.31. The highest BCUT2D eigenvalue weighted by molar-refractivity contribution is 9.10. The number of nitrogens with zero attached hydrogens (tertiary/aromatic N) is 2. The first-order valence-corrected chi connectivity index (χ1v) is 13.2. The predicted molar refractivity (Wildman–Crippen MR) is 110 cm³/mol. The molecule has 0 spiro atoms. The smallest absolute Gasteiger partial charge is 0.150 e. The van der Waals surface area contributed by atoms with Gasteiger partial charge in [-0.15, -0.1) is 0 Å². The van der Waals surface area contributed by atoms with Crippen molar-refractivity contribution in [2.75, 3.05) is 6.61 Å². The van der Waals surface area contributed by atoms with Crippen LogP contribution >= 0.6 is 15.9 Å². The van der Waals surface area contributed by atoms with Gasteiger partial charge in [0.05, 0.1) is 16.2 Å². The fraction of sp³-hybridized carbons (Fsp3) is 0.526. The monoisotopic (exact) mass is 426 g/mol. The molecule has 0 aromatic carbocycles. The molecular formula is C19H28BrFN2OSi. The minimum absolute atomic E-state index is 0.301. The summed E-state index contributed by atoms with van der Waals surface area (Å²) in [7, 11) is -1.13. The van der Waals surface area contributed by atoms with Crippen LogP contribution in [0.1, 0.15) is 32.0 Å². The number of aromatic nitrogens is 2. The van der Waals surface area contributed by atoms with E-state index in [9.17, 15) is 4.39 Å². The second-order valence-corrected chi connectivity index (χ2v) is 14.2. The lowest BCUT2D eigenvalue weighted by atomic mass is 10.1. The van der Waals surface area contributed by atoms with Gasteiger partial charge in [-0.25, -0.2) is 4.39 Å². The number of fused-ring (bicyclic) bond motifs is 1. The first-order valence-electron chi connectivity index (χ1n) is 8.73. The molecule has 0 fully saturated rings. The Morgan fingerprint density at radius 3 is 2.60 bits per heavy atom. The van der Waals surface area contributed by atoms with E-state index in [2.05, 4.69) is 52.0 Å². The second-order valence-electron chi connectivity index (χ2n) is 7.83. The Morgan fingerprint density at radius 1 is 1.36 bits per heavy atom. The first-order chi connectivity index (χ1) is 11.7. The molecule has 0 bridgehead atoms. The summed E-state index contributed by atoms with van der Waals surface area (Å²) in [5.74, 6) is -0.301. The Balaban J connectivity index is 2.49. The van der Waals surface area contributed by atoms with Gasteiger partial charge < -0.3 is 9.30 Å². The molecule has 0 aliphatic rings. The molecule has 2 aromatic heterocycles. The lowest BCUT2D eigenvalue weighted by Crippen LogP contribution is -2.22. The molecule has 0 unspecified atom stereocenters. The minimum atomic E-state index is -1.13. The van der Waals surface area contributed by atoms with Crippen molar-refractivity contribution in [3.8, 4) is 0 Å². The van der Waals surface area contributed by atoms with Crippen LogP contribution in [0.25, 0.3) is 17.1 Å². The Morgan fingerprint density at radius 2 is 2.04 bits per heavy atom. The van der Waals surface area contributed by atoms with Crippen LogP contribution in [-0.2, 0) is 17.9 Å². The maximum absolute atomic E-state index is 14.5. The maximum atomic E-state index is 14.5. The molecule has 0 radical (unpaired) electrons. The van der Waals surface area contributed by atoms with E-state index in [1.54, 1.807) is 0 Å². The van der Waals surface area contributed by atoms with E-state index in [0.29, 0.717) is 12.3 Å². The van der Waals surface area contributed by atoms with Gasteiger partial charge in [0.25, 0.3) is 0 Å². The molecule has 0 atom stereocenters. The van der Waals surface area contributed by atoms with Crippen molar-refractivity contribution in [3.05, 3.63) is 33.3 Å². The average molecular weight is 427 g/mol. The van der Waals surface area contributed by atoms with Crippen LogP contribution in [0.2, 0.25) is 25.7 Å². The highest BCUT2D eigenvalue weighted by Crippen LogP contribution is 2.34. The SMILES string of the molecule is CCc1c(Br)c2ncc(F)c(C=C(C)C)c2n1COCC[Si](C)(C)C. The van der Waals surface area contributed by atoms with Crippen molar-refractivity contribution >= 4 is 41.1 Å². The van der Waals surface area contributed by atoms with Gasteiger partial charge in [-0.2, -0.15) is 0 Å². The largest absolute Gasteiger partial charge is 0.361 e. The fourth-order valence-corrected chi connectivity index (χ4v) is 4.31. The van der Waals surface area contributed by atoms with E-state index in [1.807, 2.05) is 19.9 Å². The standard InChI is InChI=1S/C19H28BrFN2OSi/c1-7-16-17(20)18-19(14(10-13(2)3)15(21)11-22-18)23(16)12-24-8-9-25(4,5)6/h10-11H,7-9,12H2,1-6H3. The molecule has 2 rings (SSSR count). The second kappa shape index (κ2) is 8.14. The van der Waals surface area contributed by atoms with Crippen molar-refractivity contribution in [2.45, 2.75) is 59.6 Å². The quantitative estimate of drug-likeness (QED) is 0.387. The van der Waals surface area contributed by atoms with Gasteiger partial charge in [-0.3, -0.25) is 4.98 Å². The van der Waals surface area contributed by atoms with Gasteiger partial charge in [0.15, 0.2) is 5.82 Å². The summed E-state index contributed by atoms with van der Waals surface area (Å²) < 4.78 is 23.4. The number of hydrogen-bond acceptors (Lipinski definition) is 2. The molecule has 138 valence electrons. The molecule has 0 N–H and O–H groups in total. The number of ether oxygens (including phenoxy) is 1. The Hall–Kier alpha value is -0.983. The molecule has 0 amide bonds. The van der Waals surface area contributed by atoms with Crippen LogP contribution in [0.15, 0.2) is 16.2 Å². The lowest BCUT2D eigenvalue weighted by molar-refractivity contribution is 0.0884. The van der Waals surface area contributed by atoms with Crippen LogP contribution in [-0.4, -0.2) is 24.2 Å². The third kappa shape index (κ3) is 4.80. The van der Waals surface area contributed by atoms with Gasteiger partial charge >= 0.3 is 0 Å². The Kier molecular flexibility index (Phi) is 6.62. The van der Waals surface area contributed by atoms with Crippen molar-refractivity contribution in [1.29, 1.82) is 0 Å². The fourth-order valence-electron chi connectivity index (χ4n) is 2.77. The summed E-state index contributed by atoms with van der Waals surface area (Å²) in [6.45, 7) is 14.2. The van der Waals surface area contributed by atoms with Crippen molar-refractivity contribution < 1.29 is 9.13 Å². The Labute approximate surface area is 159 Å². The van der Waals surface area contributed by atoms with Crippen molar-refractivity contribution in [2.24, 2.45) is 0 Å². The molecule has 0 saturated heterocycles. The highest BCUT2D eigenvalue weighted by Gasteiger charge is 2.20. The normalized spacial score (nSPS) is 12.0. The number of pyridine rings is 1. The molecule has 3 nitrogen and oxygen atoms in total. The number of hydrogen-bond donors (Lipinski definition) is 0. The van der Waals surface area contributed by atoms with E-state index in [0.717, 1.165) is 45.8 Å². The van der Waals surface area contributed by atoms with E-state index in [-0.39, 0.29) is 5.82 Å². The van der Waals surface area contributed by atoms with E-state index in [4.69, 9.17) is 4.74 Å². The molecule has 2 aromatic rings. The van der Waals surface area contributed by atoms with Crippen LogP contribution in [0.4, 0.5) is 4.39 Å². The van der Waals surface area contributed by atoms with E-state index < -0.39 is 8.07 Å². The van der Waals surface area contributed by atoms with Crippen LogP contribution in [0.5, 0.6) is 0 Å². The summed E-state index contributed by atoms with van der Waals surface area (Å²) in [6.07, 6.45) is 4.01. The third-order valence-corrected chi connectivity index (χ3v) is 6.62. The molecule has 0 saturated carbocycles. The minimum Gasteiger partial charge on any atom is -0.361 e. The van der Waals surface area contributed by atoms with Gasteiger partial charge in [-0.05, 0) is 42.2 Å². The molecule has 25 heavy (non-hydrogen) atoms. The summed E-state index contributed by atoms with van der Waals surface area (Å²) >= 11 is 3.65. The summed E-state index contributed by atoms with van der Waals surface area (Å²) in [6, 6.07) is 1.11. The summed E-state index contributed by atoms with van der Waals surface area (Å²) in [4.78, 5) is 4.32. The zero-order valence-electron chi connectivity index (χ0n) is 16.0. The Bertz CT molecular complexity index is 789. The molecule has 0 aliphatic heterocycles. The highest BCUT2D eigenvalue weighted by atomic mass is 79.9. The molecular weight excluding hydrogens is 399 g/mol. The van der Waals surface area contributed by atoms with Gasteiger partial charge in [-0.1, -0.05) is 38.2 Å². The van der Waals surface area contributed by atoms with Crippen molar-refractivity contribution in [3.63, 3.8) is 0 Å². The number of allylic oxidation sites excluding steroid dienone is 1. The van der Waals surface area contributed by atoms with Gasteiger partial charge in [0.1, 0.15) is 12.2 Å². The number of rotatable bonds is 7. The molecule has 0 aliphatic carbocycles. The van der Waals surface area contributed by atoms with Crippen LogP contribution < -0.4 is 0 Å². The third-order valence-electron chi connectivity index (χ3n) is 4.09. The average Bonchev–Trinajstić information content (AvgIpc) is 2.77. The maximum Gasteiger partial charge on any atom is 0.150 e.